The normalized spacial score (nSPS) is 14.0. The van der Waals surface area contributed by atoms with Gasteiger partial charge in [0.25, 0.3) is 0 Å². The van der Waals surface area contributed by atoms with Gasteiger partial charge in [0.1, 0.15) is 6.61 Å². The first kappa shape index (κ1) is 56.2. The zero-order valence-corrected chi connectivity index (χ0v) is 38.1. The fourth-order valence-corrected chi connectivity index (χ4v) is 6.63. The zero-order valence-electron chi connectivity index (χ0n) is 37.2. The lowest BCUT2D eigenvalue weighted by molar-refractivity contribution is -0.161. The van der Waals surface area contributed by atoms with Crippen LogP contribution in [-0.4, -0.2) is 49.3 Å². The smallest absolute Gasteiger partial charge is 0.462 e. The zero-order chi connectivity index (χ0) is 43.2. The molecule has 0 amide bonds. The Kier molecular flexibility index (Phi) is 42.6. The molecule has 3 N–H and O–H groups in total. The van der Waals surface area contributed by atoms with Crippen molar-refractivity contribution in [2.24, 2.45) is 5.73 Å². The van der Waals surface area contributed by atoms with E-state index in [0.29, 0.717) is 12.8 Å². The lowest BCUT2D eigenvalue weighted by Gasteiger charge is -2.19. The molecule has 59 heavy (non-hydrogen) atoms. The molecule has 10 heteroatoms. The predicted octanol–water partition coefficient (Wildman–Crippen LogP) is 13.6. The third kappa shape index (κ3) is 44.6. The molecule has 0 radical (unpaired) electrons. The van der Waals surface area contributed by atoms with Crippen molar-refractivity contribution in [2.45, 2.75) is 187 Å². The van der Waals surface area contributed by atoms with Gasteiger partial charge in [0.05, 0.1) is 13.2 Å². The first-order chi connectivity index (χ1) is 28.8. The molecule has 0 aliphatic rings. The molecule has 0 aliphatic carbocycles. The SMILES string of the molecule is CC/C=C\C/C=C\C/C=C\C/C=C\C/C=C\C/C=C\CCCCCCC(=O)OC(COC(=O)CCCCCCC/C=C\CCCCCCCC)COP(=O)(O)OCCN. The Morgan fingerprint density at radius 3 is 1.41 bits per heavy atom. The van der Waals surface area contributed by atoms with Gasteiger partial charge >= 0.3 is 19.8 Å². The van der Waals surface area contributed by atoms with Crippen LogP contribution in [0.1, 0.15) is 181 Å². The number of esters is 2. The highest BCUT2D eigenvalue weighted by Crippen LogP contribution is 2.43. The minimum Gasteiger partial charge on any atom is -0.462 e. The molecule has 0 rings (SSSR count). The van der Waals surface area contributed by atoms with E-state index in [0.717, 1.165) is 96.3 Å². The number of unbranched alkanes of at least 4 members (excludes halogenated alkanes) is 15. The average Bonchev–Trinajstić information content (AvgIpc) is 3.22. The fraction of sp³-hybridized carbons (Fsp3) is 0.673. The number of allylic oxidation sites excluding steroid dienone is 14. The molecule has 338 valence electrons. The Bertz CT molecular complexity index is 1240. The van der Waals surface area contributed by atoms with Crippen LogP contribution in [0.25, 0.3) is 0 Å². The number of rotatable bonds is 42. The van der Waals surface area contributed by atoms with Crippen LogP contribution in [0.2, 0.25) is 0 Å². The molecule has 2 unspecified atom stereocenters. The van der Waals surface area contributed by atoms with Gasteiger partial charge in [0.15, 0.2) is 6.10 Å². The third-order valence-corrected chi connectivity index (χ3v) is 10.2. The topological polar surface area (TPSA) is 134 Å². The Morgan fingerprint density at radius 2 is 0.932 bits per heavy atom. The van der Waals surface area contributed by atoms with Gasteiger partial charge in [-0.15, -0.1) is 0 Å². The van der Waals surface area contributed by atoms with Crippen molar-refractivity contribution in [1.29, 1.82) is 0 Å². The summed E-state index contributed by atoms with van der Waals surface area (Å²) in [7, 11) is -4.39. The molecule has 9 nitrogen and oxygen atoms in total. The Hall–Kier alpha value is -2.81. The maximum absolute atomic E-state index is 12.6. The van der Waals surface area contributed by atoms with Crippen LogP contribution in [0.15, 0.2) is 85.1 Å². The van der Waals surface area contributed by atoms with Crippen LogP contribution in [0.4, 0.5) is 0 Å². The molecule has 2 atom stereocenters. The van der Waals surface area contributed by atoms with Crippen molar-refractivity contribution >= 4 is 19.8 Å². The van der Waals surface area contributed by atoms with Crippen LogP contribution in [0.5, 0.6) is 0 Å². The summed E-state index contributed by atoms with van der Waals surface area (Å²) in [5.74, 6) is -0.873. The molecule has 0 aliphatic heterocycles. The van der Waals surface area contributed by atoms with Crippen LogP contribution in [0, 0.1) is 0 Å². The molecular formula is C49H84NO8P. The summed E-state index contributed by atoms with van der Waals surface area (Å²) in [5, 5.41) is 0. The molecule has 0 heterocycles. The summed E-state index contributed by atoms with van der Waals surface area (Å²) in [5.41, 5.74) is 5.35. The van der Waals surface area contributed by atoms with Gasteiger partial charge in [-0.05, 0) is 89.9 Å². The number of carbonyl (C=O) groups is 2. The number of hydrogen-bond donors (Lipinski definition) is 2. The lowest BCUT2D eigenvalue weighted by Crippen LogP contribution is -2.29. The van der Waals surface area contributed by atoms with Crippen molar-refractivity contribution in [1.82, 2.24) is 0 Å². The number of ether oxygens (including phenoxy) is 2. The van der Waals surface area contributed by atoms with Gasteiger partial charge in [-0.2, -0.15) is 0 Å². The van der Waals surface area contributed by atoms with E-state index in [9.17, 15) is 19.0 Å². The number of phosphoric acid groups is 1. The Labute approximate surface area is 360 Å². The first-order valence-corrected chi connectivity index (χ1v) is 24.6. The van der Waals surface area contributed by atoms with Crippen LogP contribution in [-0.2, 0) is 32.7 Å². The second kappa shape index (κ2) is 44.7. The second-order valence-corrected chi connectivity index (χ2v) is 16.3. The van der Waals surface area contributed by atoms with E-state index in [1.54, 1.807) is 0 Å². The van der Waals surface area contributed by atoms with Crippen molar-refractivity contribution in [2.75, 3.05) is 26.4 Å². The van der Waals surface area contributed by atoms with E-state index < -0.39 is 32.5 Å². The number of phosphoric ester groups is 1. The fourth-order valence-electron chi connectivity index (χ4n) is 5.87. The molecule has 0 spiro atoms. The molecule has 0 aromatic rings. The molecule has 0 aromatic heterocycles. The number of carbonyl (C=O) groups excluding carboxylic acids is 2. The van der Waals surface area contributed by atoms with E-state index in [1.807, 2.05) is 0 Å². The van der Waals surface area contributed by atoms with Gasteiger partial charge in [0, 0.05) is 19.4 Å². The average molecular weight is 846 g/mol. The van der Waals surface area contributed by atoms with Crippen LogP contribution in [0.3, 0.4) is 0 Å². The van der Waals surface area contributed by atoms with E-state index in [4.69, 9.17) is 24.3 Å². The first-order valence-electron chi connectivity index (χ1n) is 23.1. The summed E-state index contributed by atoms with van der Waals surface area (Å²) in [6, 6.07) is 0. The van der Waals surface area contributed by atoms with Crippen molar-refractivity contribution in [3.05, 3.63) is 85.1 Å². The quantitative estimate of drug-likeness (QED) is 0.0266. The largest absolute Gasteiger partial charge is 0.472 e. The lowest BCUT2D eigenvalue weighted by atomic mass is 10.1. The minimum atomic E-state index is -4.39. The Balaban J connectivity index is 4.21. The summed E-state index contributed by atoms with van der Waals surface area (Å²) >= 11 is 0. The third-order valence-electron chi connectivity index (χ3n) is 9.27. The molecule has 0 saturated carbocycles. The monoisotopic (exact) mass is 846 g/mol. The summed E-state index contributed by atoms with van der Waals surface area (Å²) in [6.45, 7) is 3.56. The highest BCUT2D eigenvalue weighted by Gasteiger charge is 2.26. The molecular weight excluding hydrogens is 762 g/mol. The number of hydrogen-bond acceptors (Lipinski definition) is 8. The van der Waals surface area contributed by atoms with E-state index in [-0.39, 0.29) is 32.6 Å². The minimum absolute atomic E-state index is 0.0433. The van der Waals surface area contributed by atoms with Gasteiger partial charge in [-0.1, -0.05) is 163 Å². The van der Waals surface area contributed by atoms with E-state index in [2.05, 4.69) is 98.9 Å². The summed E-state index contributed by atoms with van der Waals surface area (Å²) < 4.78 is 32.8. The van der Waals surface area contributed by atoms with Crippen molar-refractivity contribution < 1.29 is 37.6 Å². The van der Waals surface area contributed by atoms with Crippen molar-refractivity contribution in [3.8, 4) is 0 Å². The number of nitrogens with two attached hydrogens (primary N) is 1. The van der Waals surface area contributed by atoms with Crippen molar-refractivity contribution in [3.63, 3.8) is 0 Å². The Morgan fingerprint density at radius 1 is 0.525 bits per heavy atom. The highest BCUT2D eigenvalue weighted by molar-refractivity contribution is 7.47. The maximum atomic E-state index is 12.6. The van der Waals surface area contributed by atoms with Gasteiger partial charge < -0.3 is 20.1 Å². The summed E-state index contributed by atoms with van der Waals surface area (Å²) in [4.78, 5) is 34.9. The van der Waals surface area contributed by atoms with Gasteiger partial charge in [0.2, 0.25) is 0 Å². The molecule has 0 saturated heterocycles. The van der Waals surface area contributed by atoms with Crippen LogP contribution < -0.4 is 5.73 Å². The predicted molar refractivity (Wildman–Crippen MR) is 247 cm³/mol. The van der Waals surface area contributed by atoms with Gasteiger partial charge in [-0.25, -0.2) is 4.57 Å². The maximum Gasteiger partial charge on any atom is 0.472 e. The highest BCUT2D eigenvalue weighted by atomic mass is 31.2. The molecule has 0 bridgehead atoms. The van der Waals surface area contributed by atoms with Gasteiger partial charge in [-0.3, -0.25) is 18.6 Å². The molecule has 0 fully saturated rings. The molecule has 0 aromatic carbocycles. The summed E-state index contributed by atoms with van der Waals surface area (Å²) in [6.07, 6.45) is 56.1. The second-order valence-electron chi connectivity index (χ2n) is 14.9. The van der Waals surface area contributed by atoms with E-state index in [1.165, 1.54) is 44.9 Å². The van der Waals surface area contributed by atoms with E-state index >= 15 is 0 Å². The standard InChI is InChI=1S/C49H84NO8P/c1-3-5-7-9-11-13-15-17-19-20-21-22-23-24-25-26-28-30-32-34-36-38-40-42-49(52)58-47(46-57-59(53,54)56-44-43-50)45-55-48(51)41-39-37-35-33-31-29-27-18-16-14-12-10-8-6-4-2/h5,7,11,13,17-19,21-22,24-25,27-28,30,47H,3-4,6,8-10,12,14-16,20,23,26,29,31-46,50H2,1-2H3,(H,53,54)/b7-5-,13-11-,19-17-,22-21-,25-24-,27-18-,30-28-. The van der Waals surface area contributed by atoms with Crippen LogP contribution >= 0.6 is 7.82 Å².